The molecular weight excluding hydrogens is 234 g/mol. The fourth-order valence-electron chi connectivity index (χ4n) is 2.29. The van der Waals surface area contributed by atoms with Crippen LogP contribution in [0.25, 0.3) is 0 Å². The molecule has 3 rings (SSSR count). The molecule has 0 bridgehead atoms. The summed E-state index contributed by atoms with van der Waals surface area (Å²) in [5.74, 6) is 0.825. The highest BCUT2D eigenvalue weighted by atomic mass is 32.1. The summed E-state index contributed by atoms with van der Waals surface area (Å²) in [6, 6.07) is 2.16. The quantitative estimate of drug-likeness (QED) is 0.899. The molecule has 17 heavy (non-hydrogen) atoms. The lowest BCUT2D eigenvalue weighted by Crippen LogP contribution is -2.06. The van der Waals surface area contributed by atoms with Gasteiger partial charge in [0.25, 0.3) is 0 Å². The van der Waals surface area contributed by atoms with Crippen LogP contribution in [0.3, 0.4) is 0 Å². The van der Waals surface area contributed by atoms with Crippen molar-refractivity contribution in [2.24, 2.45) is 7.05 Å². The number of rotatable bonds is 3. The molecule has 0 spiro atoms. The first kappa shape index (κ1) is 10.9. The highest BCUT2D eigenvalue weighted by Gasteiger charge is 2.20. The maximum absolute atomic E-state index is 10.2. The Bertz CT molecular complexity index is 510. The molecule has 1 aliphatic rings. The largest absolute Gasteiger partial charge is 0.387 e. The second kappa shape index (κ2) is 4.23. The molecule has 0 aromatic carbocycles. The van der Waals surface area contributed by atoms with Crippen molar-refractivity contribution in [3.8, 4) is 0 Å². The fourth-order valence-corrected chi connectivity index (χ4v) is 3.54. The molecule has 2 aromatic heterocycles. The van der Waals surface area contributed by atoms with Gasteiger partial charge in [-0.25, -0.2) is 4.98 Å². The lowest BCUT2D eigenvalue weighted by atomic mass is 10.1. The van der Waals surface area contributed by atoms with E-state index in [1.165, 1.54) is 36.0 Å². The molecule has 0 fully saturated rings. The Morgan fingerprint density at radius 1 is 1.53 bits per heavy atom. The second-order valence-corrected chi connectivity index (χ2v) is 5.64. The lowest BCUT2D eigenvalue weighted by molar-refractivity contribution is 0.178. The maximum atomic E-state index is 10.2. The van der Waals surface area contributed by atoms with Gasteiger partial charge in [-0.1, -0.05) is 0 Å². The zero-order chi connectivity index (χ0) is 11.8. The molecule has 0 amide bonds. The van der Waals surface area contributed by atoms with Gasteiger partial charge in [0.1, 0.15) is 12.2 Å². The number of hydrogen-bond donors (Lipinski definition) is 1. The van der Waals surface area contributed by atoms with Crippen LogP contribution < -0.4 is 0 Å². The molecule has 5 heteroatoms. The van der Waals surface area contributed by atoms with Gasteiger partial charge in [0.15, 0.2) is 0 Å². The standard InChI is InChI=1S/C12H15N3OS/c1-15-12(13-7-14-15)6-9(16)11-5-8-3-2-4-10(8)17-11/h5,7,9,16H,2-4,6H2,1H3. The highest BCUT2D eigenvalue weighted by molar-refractivity contribution is 7.12. The molecule has 90 valence electrons. The van der Waals surface area contributed by atoms with Crippen LogP contribution in [0.5, 0.6) is 0 Å². The number of aromatic nitrogens is 3. The van der Waals surface area contributed by atoms with Gasteiger partial charge < -0.3 is 5.11 Å². The van der Waals surface area contributed by atoms with Gasteiger partial charge in [-0.15, -0.1) is 11.3 Å². The minimum Gasteiger partial charge on any atom is -0.387 e. The molecule has 0 aliphatic heterocycles. The number of aliphatic hydroxyl groups excluding tert-OH is 1. The van der Waals surface area contributed by atoms with Gasteiger partial charge >= 0.3 is 0 Å². The Balaban J connectivity index is 1.77. The van der Waals surface area contributed by atoms with E-state index in [1.54, 1.807) is 16.0 Å². The second-order valence-electron chi connectivity index (χ2n) is 4.47. The van der Waals surface area contributed by atoms with Crippen LogP contribution in [0.15, 0.2) is 12.4 Å². The van der Waals surface area contributed by atoms with Crippen molar-refractivity contribution in [2.45, 2.75) is 31.8 Å². The molecule has 0 radical (unpaired) electrons. The van der Waals surface area contributed by atoms with Gasteiger partial charge in [0, 0.05) is 23.2 Å². The minimum atomic E-state index is -0.450. The van der Waals surface area contributed by atoms with E-state index in [2.05, 4.69) is 16.1 Å². The Labute approximate surface area is 104 Å². The summed E-state index contributed by atoms with van der Waals surface area (Å²) in [6.45, 7) is 0. The first-order valence-corrected chi connectivity index (χ1v) is 6.68. The summed E-state index contributed by atoms with van der Waals surface area (Å²) in [6.07, 6.45) is 5.22. The predicted molar refractivity (Wildman–Crippen MR) is 66.0 cm³/mol. The van der Waals surface area contributed by atoms with Crippen LogP contribution in [0.4, 0.5) is 0 Å². The topological polar surface area (TPSA) is 50.9 Å². The van der Waals surface area contributed by atoms with E-state index >= 15 is 0 Å². The SMILES string of the molecule is Cn1ncnc1CC(O)c1cc2c(s1)CCC2. The van der Waals surface area contributed by atoms with E-state index < -0.39 is 6.10 Å². The van der Waals surface area contributed by atoms with E-state index in [0.717, 1.165) is 10.7 Å². The molecule has 1 aliphatic carbocycles. The summed E-state index contributed by atoms with van der Waals surface area (Å²) in [7, 11) is 1.85. The van der Waals surface area contributed by atoms with Crippen LogP contribution in [0, 0.1) is 0 Å². The number of fused-ring (bicyclic) bond motifs is 1. The summed E-state index contributed by atoms with van der Waals surface area (Å²) in [4.78, 5) is 6.66. The highest BCUT2D eigenvalue weighted by Crippen LogP contribution is 2.34. The molecule has 1 N–H and O–H groups in total. The van der Waals surface area contributed by atoms with E-state index in [1.807, 2.05) is 7.05 Å². The first-order chi connectivity index (χ1) is 8.24. The average Bonchev–Trinajstić information content (AvgIpc) is 2.93. The fraction of sp³-hybridized carbons (Fsp3) is 0.500. The Morgan fingerprint density at radius 2 is 2.41 bits per heavy atom. The van der Waals surface area contributed by atoms with Crippen molar-refractivity contribution >= 4 is 11.3 Å². The monoisotopic (exact) mass is 249 g/mol. The lowest BCUT2D eigenvalue weighted by Gasteiger charge is -2.07. The number of nitrogens with zero attached hydrogens (tertiary/aromatic N) is 3. The summed E-state index contributed by atoms with van der Waals surface area (Å²) < 4.78 is 1.71. The van der Waals surface area contributed by atoms with Crippen molar-refractivity contribution in [3.63, 3.8) is 0 Å². The summed E-state index contributed by atoms with van der Waals surface area (Å²) >= 11 is 1.75. The molecule has 0 saturated carbocycles. The van der Waals surface area contributed by atoms with Crippen LogP contribution in [0.2, 0.25) is 0 Å². The molecule has 4 nitrogen and oxygen atoms in total. The van der Waals surface area contributed by atoms with E-state index in [9.17, 15) is 5.11 Å². The molecule has 1 unspecified atom stereocenters. The van der Waals surface area contributed by atoms with Gasteiger partial charge in [0.05, 0.1) is 6.10 Å². The molecule has 0 saturated heterocycles. The zero-order valence-electron chi connectivity index (χ0n) is 9.76. The minimum absolute atomic E-state index is 0.450. The van der Waals surface area contributed by atoms with Crippen LogP contribution in [-0.4, -0.2) is 19.9 Å². The summed E-state index contributed by atoms with van der Waals surface area (Å²) in [5.41, 5.74) is 1.43. The molecule has 2 aromatic rings. The maximum Gasteiger partial charge on any atom is 0.138 e. The molecule has 2 heterocycles. The number of aryl methyl sites for hydroxylation is 3. The third kappa shape index (κ3) is 2.00. The number of aliphatic hydroxyl groups is 1. The molecule has 1 atom stereocenters. The normalized spacial score (nSPS) is 16.1. The molecular formula is C12H15N3OS. The third-order valence-corrected chi connectivity index (χ3v) is 4.61. The zero-order valence-corrected chi connectivity index (χ0v) is 10.6. The third-order valence-electron chi connectivity index (χ3n) is 3.28. The van der Waals surface area contributed by atoms with E-state index in [0.29, 0.717) is 6.42 Å². The van der Waals surface area contributed by atoms with Gasteiger partial charge in [0.2, 0.25) is 0 Å². The van der Waals surface area contributed by atoms with Crippen LogP contribution >= 0.6 is 11.3 Å². The van der Waals surface area contributed by atoms with Crippen molar-refractivity contribution in [1.82, 2.24) is 14.8 Å². The smallest absolute Gasteiger partial charge is 0.138 e. The number of hydrogen-bond acceptors (Lipinski definition) is 4. The Kier molecular flexibility index (Phi) is 2.72. The van der Waals surface area contributed by atoms with Crippen molar-refractivity contribution in [3.05, 3.63) is 33.5 Å². The number of thiophene rings is 1. The van der Waals surface area contributed by atoms with E-state index in [-0.39, 0.29) is 0 Å². The van der Waals surface area contributed by atoms with Crippen LogP contribution in [0.1, 0.15) is 33.7 Å². The predicted octanol–water partition coefficient (Wildman–Crippen LogP) is 1.64. The first-order valence-electron chi connectivity index (χ1n) is 5.86. The van der Waals surface area contributed by atoms with Gasteiger partial charge in [-0.3, -0.25) is 4.68 Å². The van der Waals surface area contributed by atoms with Crippen molar-refractivity contribution in [2.75, 3.05) is 0 Å². The van der Waals surface area contributed by atoms with Crippen molar-refractivity contribution < 1.29 is 5.11 Å². The summed E-state index contributed by atoms with van der Waals surface area (Å²) in [5, 5.41) is 14.2. The average molecular weight is 249 g/mol. The van der Waals surface area contributed by atoms with E-state index in [4.69, 9.17) is 0 Å². The van der Waals surface area contributed by atoms with Gasteiger partial charge in [-0.2, -0.15) is 5.10 Å². The Morgan fingerprint density at radius 3 is 3.12 bits per heavy atom. The Hall–Kier alpha value is -1.20. The van der Waals surface area contributed by atoms with Crippen LogP contribution in [-0.2, 0) is 26.3 Å². The van der Waals surface area contributed by atoms with Gasteiger partial charge in [-0.05, 0) is 30.9 Å². The van der Waals surface area contributed by atoms with Crippen molar-refractivity contribution in [1.29, 1.82) is 0 Å².